The fourth-order valence-corrected chi connectivity index (χ4v) is 6.01. The first-order chi connectivity index (χ1) is 17.9. The topological polar surface area (TPSA) is 94.2 Å². The summed E-state index contributed by atoms with van der Waals surface area (Å²) in [5, 5.41) is 3.45. The molecule has 8 heteroatoms. The molecule has 2 saturated heterocycles. The van der Waals surface area contributed by atoms with Gasteiger partial charge in [0.05, 0.1) is 24.6 Å². The Morgan fingerprint density at radius 1 is 1.00 bits per heavy atom. The van der Waals surface area contributed by atoms with Crippen LogP contribution >= 0.6 is 0 Å². The maximum Gasteiger partial charge on any atom is 0.327 e. The van der Waals surface area contributed by atoms with Crippen LogP contribution in [-0.4, -0.2) is 37.2 Å². The average molecular weight is 499 g/mol. The highest BCUT2D eigenvalue weighted by Crippen LogP contribution is 2.52. The Bertz CT molecular complexity index is 1410. The molecule has 3 heterocycles. The Hall–Kier alpha value is -4.17. The molecular weight excluding hydrogens is 472 g/mol. The van der Waals surface area contributed by atoms with E-state index < -0.39 is 35.3 Å². The largest absolute Gasteiger partial charge is 0.468 e. The molecule has 0 radical (unpaired) electrons. The molecule has 0 spiro atoms. The molecule has 37 heavy (non-hydrogen) atoms. The fraction of sp³-hybridized carbons (Fsp3) is 0.276. The van der Waals surface area contributed by atoms with Crippen LogP contribution in [0.25, 0.3) is 0 Å². The Balaban J connectivity index is 1.51. The number of anilines is 1. The SMILES string of the molecule is COC(=O)[C@@]1(Cc2ccccc2)N[C@@H](c2ccccc2C)[C@@H]2C(=O)N(c3ccc4c(c3)OCO4)C(=O)[C@H]21. The van der Waals surface area contributed by atoms with Crippen molar-refractivity contribution >= 4 is 23.5 Å². The monoisotopic (exact) mass is 498 g/mol. The van der Waals surface area contributed by atoms with Gasteiger partial charge >= 0.3 is 5.97 Å². The van der Waals surface area contributed by atoms with Crippen LogP contribution in [0.2, 0.25) is 0 Å². The Morgan fingerprint density at radius 2 is 1.73 bits per heavy atom. The molecule has 0 unspecified atom stereocenters. The number of carbonyl (C=O) groups excluding carboxylic acids is 3. The molecule has 0 saturated carbocycles. The zero-order chi connectivity index (χ0) is 25.7. The van der Waals surface area contributed by atoms with E-state index in [2.05, 4.69) is 5.32 Å². The summed E-state index contributed by atoms with van der Waals surface area (Å²) in [7, 11) is 1.31. The van der Waals surface area contributed by atoms with Crippen LogP contribution in [0.5, 0.6) is 11.5 Å². The van der Waals surface area contributed by atoms with Gasteiger partial charge in [-0.3, -0.25) is 19.7 Å². The van der Waals surface area contributed by atoms with E-state index in [9.17, 15) is 14.4 Å². The summed E-state index contributed by atoms with van der Waals surface area (Å²) in [4.78, 5) is 43.0. The quantitative estimate of drug-likeness (QED) is 0.426. The average Bonchev–Trinajstić information content (AvgIpc) is 3.58. The molecule has 8 nitrogen and oxygen atoms in total. The summed E-state index contributed by atoms with van der Waals surface area (Å²) in [5.74, 6) is -2.14. The third-order valence-corrected chi connectivity index (χ3v) is 7.67. The van der Waals surface area contributed by atoms with E-state index in [0.29, 0.717) is 17.2 Å². The number of fused-ring (bicyclic) bond motifs is 2. The van der Waals surface area contributed by atoms with E-state index in [4.69, 9.17) is 14.2 Å². The number of methoxy groups -OCH3 is 1. The van der Waals surface area contributed by atoms with Crippen molar-refractivity contribution in [2.45, 2.75) is 24.9 Å². The van der Waals surface area contributed by atoms with Crippen molar-refractivity contribution in [3.63, 3.8) is 0 Å². The van der Waals surface area contributed by atoms with Gasteiger partial charge in [0.25, 0.3) is 0 Å². The molecule has 0 aromatic heterocycles. The Morgan fingerprint density at radius 3 is 2.49 bits per heavy atom. The van der Waals surface area contributed by atoms with Crippen molar-refractivity contribution in [1.82, 2.24) is 5.32 Å². The van der Waals surface area contributed by atoms with E-state index in [1.165, 1.54) is 12.0 Å². The number of nitrogens with zero attached hydrogens (tertiary/aromatic N) is 1. The molecule has 4 atom stereocenters. The first kappa shape index (κ1) is 23.2. The van der Waals surface area contributed by atoms with Gasteiger partial charge in [-0.05, 0) is 35.7 Å². The van der Waals surface area contributed by atoms with Crippen molar-refractivity contribution in [2.75, 3.05) is 18.8 Å². The van der Waals surface area contributed by atoms with Gasteiger partial charge < -0.3 is 14.2 Å². The maximum atomic E-state index is 14.2. The van der Waals surface area contributed by atoms with Crippen molar-refractivity contribution in [1.29, 1.82) is 0 Å². The minimum absolute atomic E-state index is 0.0771. The maximum absolute atomic E-state index is 14.2. The third-order valence-electron chi connectivity index (χ3n) is 7.67. The number of ether oxygens (including phenoxy) is 3. The van der Waals surface area contributed by atoms with E-state index in [0.717, 1.165) is 16.7 Å². The minimum atomic E-state index is -1.44. The van der Waals surface area contributed by atoms with Crippen LogP contribution < -0.4 is 19.7 Å². The van der Waals surface area contributed by atoms with Crippen molar-refractivity contribution < 1.29 is 28.6 Å². The minimum Gasteiger partial charge on any atom is -0.468 e. The molecule has 6 rings (SSSR count). The lowest BCUT2D eigenvalue weighted by Gasteiger charge is -2.33. The van der Waals surface area contributed by atoms with Gasteiger partial charge in [-0.1, -0.05) is 54.6 Å². The van der Waals surface area contributed by atoms with Crippen LogP contribution in [0.1, 0.15) is 22.7 Å². The third kappa shape index (κ3) is 3.51. The van der Waals surface area contributed by atoms with Crippen LogP contribution in [0.3, 0.4) is 0 Å². The van der Waals surface area contributed by atoms with Gasteiger partial charge in [-0.2, -0.15) is 0 Å². The number of esters is 1. The number of carbonyl (C=O) groups is 3. The lowest BCUT2D eigenvalue weighted by molar-refractivity contribution is -0.152. The molecule has 188 valence electrons. The predicted molar refractivity (Wildman–Crippen MR) is 134 cm³/mol. The lowest BCUT2D eigenvalue weighted by atomic mass is 9.76. The summed E-state index contributed by atoms with van der Waals surface area (Å²) >= 11 is 0. The van der Waals surface area contributed by atoms with Gasteiger partial charge in [0, 0.05) is 18.5 Å². The van der Waals surface area contributed by atoms with Crippen molar-refractivity contribution in [3.8, 4) is 11.5 Å². The van der Waals surface area contributed by atoms with Crippen molar-refractivity contribution in [2.24, 2.45) is 11.8 Å². The Labute approximate surface area is 214 Å². The van der Waals surface area contributed by atoms with Gasteiger partial charge in [-0.25, -0.2) is 4.90 Å². The zero-order valence-electron chi connectivity index (χ0n) is 20.5. The highest BCUT2D eigenvalue weighted by molar-refractivity contribution is 6.24. The van der Waals surface area contributed by atoms with E-state index in [-0.39, 0.29) is 19.1 Å². The first-order valence-electron chi connectivity index (χ1n) is 12.2. The van der Waals surface area contributed by atoms with E-state index in [1.54, 1.807) is 18.2 Å². The number of rotatable bonds is 5. The summed E-state index contributed by atoms with van der Waals surface area (Å²) in [6.07, 6.45) is 0.193. The summed E-state index contributed by atoms with van der Waals surface area (Å²) in [6.45, 7) is 2.03. The molecule has 3 aliphatic heterocycles. The van der Waals surface area contributed by atoms with Crippen LogP contribution in [0.4, 0.5) is 5.69 Å². The van der Waals surface area contributed by atoms with Crippen molar-refractivity contribution in [3.05, 3.63) is 89.5 Å². The van der Waals surface area contributed by atoms with Crippen LogP contribution in [0, 0.1) is 18.8 Å². The Kier molecular flexibility index (Phi) is 5.49. The van der Waals surface area contributed by atoms with Crippen LogP contribution in [0.15, 0.2) is 72.8 Å². The molecule has 3 aromatic rings. The number of imide groups is 1. The van der Waals surface area contributed by atoms with Gasteiger partial charge in [-0.15, -0.1) is 0 Å². The molecule has 3 aliphatic rings. The predicted octanol–water partition coefficient (Wildman–Crippen LogP) is 3.33. The summed E-state index contributed by atoms with van der Waals surface area (Å²) in [5.41, 5.74) is 1.62. The molecule has 3 aromatic carbocycles. The zero-order valence-corrected chi connectivity index (χ0v) is 20.5. The number of nitrogens with one attached hydrogen (secondary N) is 1. The molecule has 0 aliphatic carbocycles. The molecule has 1 N–H and O–H groups in total. The molecular formula is C29H26N2O6. The number of hydrogen-bond acceptors (Lipinski definition) is 7. The second-order valence-corrected chi connectivity index (χ2v) is 9.66. The molecule has 2 amide bonds. The highest BCUT2D eigenvalue weighted by Gasteiger charge is 2.69. The number of hydrogen-bond donors (Lipinski definition) is 1. The summed E-state index contributed by atoms with van der Waals surface area (Å²) < 4.78 is 16.2. The number of aryl methyl sites for hydroxylation is 1. The second kappa shape index (κ2) is 8.74. The molecule has 2 fully saturated rings. The van der Waals surface area contributed by atoms with Gasteiger partial charge in [0.1, 0.15) is 5.54 Å². The van der Waals surface area contributed by atoms with Crippen LogP contribution in [-0.2, 0) is 25.5 Å². The highest BCUT2D eigenvalue weighted by atomic mass is 16.7. The number of amides is 2. The van der Waals surface area contributed by atoms with E-state index in [1.807, 2.05) is 61.5 Å². The van der Waals surface area contributed by atoms with E-state index >= 15 is 0 Å². The summed E-state index contributed by atoms with van der Waals surface area (Å²) in [6, 6.07) is 21.6. The normalized spacial score (nSPS) is 25.9. The molecule has 0 bridgehead atoms. The second-order valence-electron chi connectivity index (χ2n) is 9.66. The lowest BCUT2D eigenvalue weighted by Crippen LogP contribution is -2.57. The van der Waals surface area contributed by atoms with Gasteiger partial charge in [0.2, 0.25) is 18.6 Å². The fourth-order valence-electron chi connectivity index (χ4n) is 6.01. The first-order valence-corrected chi connectivity index (χ1v) is 12.2. The number of benzene rings is 3. The smallest absolute Gasteiger partial charge is 0.327 e. The standard InChI is InChI=1S/C29H26N2O6/c1-17-8-6-7-11-20(17)25-23-24(29(30-25,28(34)35-2)15-18-9-4-3-5-10-18)27(33)31(26(23)32)19-12-13-21-22(14-19)37-16-36-21/h3-14,23-25,30H,15-16H2,1-2H3/t23-,24+,25+,29+/m1/s1. The van der Waals surface area contributed by atoms with Gasteiger partial charge in [0.15, 0.2) is 11.5 Å².